The highest BCUT2D eigenvalue weighted by molar-refractivity contribution is 6.42. The number of nitrogens with zero attached hydrogens (tertiary/aromatic N) is 2. The first kappa shape index (κ1) is 12.9. The van der Waals surface area contributed by atoms with Crippen LogP contribution in [0.25, 0.3) is 0 Å². The summed E-state index contributed by atoms with van der Waals surface area (Å²) in [4.78, 5) is 15.4. The quantitative estimate of drug-likeness (QED) is 0.907. The van der Waals surface area contributed by atoms with Gasteiger partial charge in [0.15, 0.2) is 0 Å². The van der Waals surface area contributed by atoms with Crippen molar-refractivity contribution in [2.45, 2.75) is 12.8 Å². The molecule has 1 aromatic carbocycles. The number of aryl methyl sites for hydroxylation is 1. The summed E-state index contributed by atoms with van der Waals surface area (Å²) >= 11 is 11.7. The number of aromatic amines is 1. The lowest BCUT2D eigenvalue weighted by molar-refractivity contribution is -0.116. The zero-order valence-corrected chi connectivity index (χ0v) is 10.8. The smallest absolute Gasteiger partial charge is 0.227 e. The number of hydrogen-bond acceptors (Lipinski definition) is 3. The molecule has 0 radical (unpaired) electrons. The summed E-state index contributed by atoms with van der Waals surface area (Å²) in [5, 5.41) is 9.77. The first-order chi connectivity index (χ1) is 8.65. The van der Waals surface area contributed by atoms with Crippen LogP contribution in [0.3, 0.4) is 0 Å². The zero-order valence-electron chi connectivity index (χ0n) is 9.28. The molecule has 0 aliphatic carbocycles. The molecule has 1 heterocycles. The fourth-order valence-electron chi connectivity index (χ4n) is 1.41. The molecule has 0 fully saturated rings. The van der Waals surface area contributed by atoms with Crippen LogP contribution >= 0.6 is 23.2 Å². The molecule has 0 bridgehead atoms. The van der Waals surface area contributed by atoms with Gasteiger partial charge in [-0.2, -0.15) is 10.1 Å². The maximum atomic E-state index is 11.6. The fourth-order valence-corrected chi connectivity index (χ4v) is 1.73. The molecule has 0 unspecified atom stereocenters. The van der Waals surface area contributed by atoms with Crippen LogP contribution in [0.5, 0.6) is 0 Å². The van der Waals surface area contributed by atoms with Crippen molar-refractivity contribution >= 4 is 35.1 Å². The number of anilines is 1. The first-order valence-corrected chi connectivity index (χ1v) is 6.00. The van der Waals surface area contributed by atoms with Gasteiger partial charge in [-0.1, -0.05) is 29.3 Å². The molecule has 0 saturated carbocycles. The number of amides is 1. The summed E-state index contributed by atoms with van der Waals surface area (Å²) in [6, 6.07) is 5.31. The average molecular weight is 285 g/mol. The van der Waals surface area contributed by atoms with Crippen molar-refractivity contribution < 1.29 is 4.79 Å². The van der Waals surface area contributed by atoms with Crippen LogP contribution in [0.15, 0.2) is 24.5 Å². The average Bonchev–Trinajstić information content (AvgIpc) is 2.83. The van der Waals surface area contributed by atoms with E-state index in [1.807, 2.05) is 6.07 Å². The summed E-state index contributed by atoms with van der Waals surface area (Å²) in [6.45, 7) is 0. The van der Waals surface area contributed by atoms with E-state index in [9.17, 15) is 4.79 Å². The monoisotopic (exact) mass is 284 g/mol. The molecule has 1 amide bonds. The van der Waals surface area contributed by atoms with Gasteiger partial charge >= 0.3 is 0 Å². The van der Waals surface area contributed by atoms with Crippen molar-refractivity contribution in [3.8, 4) is 0 Å². The van der Waals surface area contributed by atoms with Crippen molar-refractivity contribution in [1.29, 1.82) is 0 Å². The number of aromatic nitrogens is 3. The molecule has 2 N–H and O–H groups in total. The number of H-pyrrole nitrogens is 1. The van der Waals surface area contributed by atoms with Crippen LogP contribution in [0.2, 0.25) is 10.0 Å². The van der Waals surface area contributed by atoms with E-state index in [1.165, 1.54) is 6.33 Å². The highest BCUT2D eigenvalue weighted by Crippen LogP contribution is 2.23. The Morgan fingerprint density at radius 3 is 2.83 bits per heavy atom. The number of benzene rings is 1. The van der Waals surface area contributed by atoms with Crippen molar-refractivity contribution in [2.24, 2.45) is 0 Å². The third kappa shape index (κ3) is 3.45. The molecule has 0 aliphatic rings. The topological polar surface area (TPSA) is 70.7 Å². The van der Waals surface area contributed by atoms with Crippen molar-refractivity contribution in [3.63, 3.8) is 0 Å². The Labute approximate surface area is 114 Å². The first-order valence-electron chi connectivity index (χ1n) is 5.24. The van der Waals surface area contributed by atoms with Gasteiger partial charge < -0.3 is 0 Å². The normalized spacial score (nSPS) is 10.3. The Bertz CT molecular complexity index is 542. The molecular weight excluding hydrogens is 275 g/mol. The Morgan fingerprint density at radius 1 is 1.33 bits per heavy atom. The molecule has 0 atom stereocenters. The van der Waals surface area contributed by atoms with Gasteiger partial charge in [-0.05, 0) is 24.1 Å². The molecule has 5 nitrogen and oxygen atoms in total. The molecule has 18 heavy (non-hydrogen) atoms. The molecule has 0 saturated heterocycles. The molecular formula is C11H10Cl2N4O. The Balaban J connectivity index is 1.87. The van der Waals surface area contributed by atoms with Gasteiger partial charge in [-0.25, -0.2) is 5.10 Å². The minimum absolute atomic E-state index is 0.141. The number of rotatable bonds is 4. The predicted octanol–water partition coefficient (Wildman–Crippen LogP) is 2.68. The lowest BCUT2D eigenvalue weighted by Crippen LogP contribution is -2.13. The summed E-state index contributed by atoms with van der Waals surface area (Å²) in [7, 11) is 0. The SMILES string of the molecule is O=C(CCc1ccc(Cl)c(Cl)c1)Nc1ncn[nH]1. The van der Waals surface area contributed by atoms with Gasteiger partial charge in [0.05, 0.1) is 10.0 Å². The zero-order chi connectivity index (χ0) is 13.0. The molecule has 2 rings (SSSR count). The van der Waals surface area contributed by atoms with Crippen molar-refractivity contribution in [2.75, 3.05) is 5.32 Å². The Hall–Kier alpha value is -1.59. The highest BCUT2D eigenvalue weighted by Gasteiger charge is 2.06. The van der Waals surface area contributed by atoms with Gasteiger partial charge in [0.1, 0.15) is 6.33 Å². The van der Waals surface area contributed by atoms with Crippen LogP contribution in [-0.2, 0) is 11.2 Å². The van der Waals surface area contributed by atoms with E-state index in [1.54, 1.807) is 12.1 Å². The largest absolute Gasteiger partial charge is 0.295 e. The number of nitrogens with one attached hydrogen (secondary N) is 2. The van der Waals surface area contributed by atoms with Crippen molar-refractivity contribution in [1.82, 2.24) is 15.2 Å². The van der Waals surface area contributed by atoms with Gasteiger partial charge in [0.25, 0.3) is 0 Å². The van der Waals surface area contributed by atoms with Gasteiger partial charge in [0.2, 0.25) is 11.9 Å². The van der Waals surface area contributed by atoms with Crippen LogP contribution in [0.1, 0.15) is 12.0 Å². The maximum Gasteiger partial charge on any atom is 0.227 e. The maximum absolute atomic E-state index is 11.6. The summed E-state index contributed by atoms with van der Waals surface area (Å²) in [6.07, 6.45) is 2.24. The number of hydrogen-bond donors (Lipinski definition) is 2. The van der Waals surface area contributed by atoms with Gasteiger partial charge in [-0.3, -0.25) is 10.1 Å². The molecule has 0 aliphatic heterocycles. The number of carbonyl (C=O) groups is 1. The molecule has 7 heteroatoms. The fraction of sp³-hybridized carbons (Fsp3) is 0.182. The Morgan fingerprint density at radius 2 is 2.17 bits per heavy atom. The van der Waals surface area contributed by atoms with Gasteiger partial charge in [0, 0.05) is 6.42 Å². The summed E-state index contributed by atoms with van der Waals surface area (Å²) < 4.78 is 0. The highest BCUT2D eigenvalue weighted by atomic mass is 35.5. The summed E-state index contributed by atoms with van der Waals surface area (Å²) in [5.41, 5.74) is 0.956. The summed E-state index contributed by atoms with van der Waals surface area (Å²) in [5.74, 6) is 0.201. The van der Waals surface area contributed by atoms with E-state index >= 15 is 0 Å². The minimum Gasteiger partial charge on any atom is -0.295 e. The van der Waals surface area contributed by atoms with E-state index in [4.69, 9.17) is 23.2 Å². The predicted molar refractivity (Wildman–Crippen MR) is 69.8 cm³/mol. The third-order valence-corrected chi connectivity index (χ3v) is 3.04. The van der Waals surface area contributed by atoms with Gasteiger partial charge in [-0.15, -0.1) is 0 Å². The van der Waals surface area contributed by atoms with E-state index in [2.05, 4.69) is 20.5 Å². The Kier molecular flexibility index (Phi) is 4.17. The molecule has 2 aromatic rings. The molecule has 1 aromatic heterocycles. The van der Waals surface area contributed by atoms with E-state index in [0.717, 1.165) is 5.56 Å². The van der Waals surface area contributed by atoms with E-state index < -0.39 is 0 Å². The molecule has 0 spiro atoms. The standard InChI is InChI=1S/C11H10Cl2N4O/c12-8-3-1-7(5-9(8)13)2-4-10(18)16-11-14-6-15-17-11/h1,3,5-6H,2,4H2,(H2,14,15,16,17,18). The lowest BCUT2D eigenvalue weighted by Gasteiger charge is -2.03. The third-order valence-electron chi connectivity index (χ3n) is 2.30. The lowest BCUT2D eigenvalue weighted by atomic mass is 10.1. The van der Waals surface area contributed by atoms with Crippen LogP contribution < -0.4 is 5.32 Å². The second-order valence-electron chi connectivity index (χ2n) is 3.63. The second-order valence-corrected chi connectivity index (χ2v) is 4.45. The van der Waals surface area contributed by atoms with Crippen LogP contribution in [-0.4, -0.2) is 21.1 Å². The van der Waals surface area contributed by atoms with Crippen LogP contribution in [0, 0.1) is 0 Å². The number of carbonyl (C=O) groups excluding carboxylic acids is 1. The number of halogens is 2. The minimum atomic E-state index is -0.141. The van der Waals surface area contributed by atoms with Crippen molar-refractivity contribution in [3.05, 3.63) is 40.1 Å². The van der Waals surface area contributed by atoms with E-state index in [-0.39, 0.29) is 5.91 Å². The second kappa shape index (κ2) is 5.84. The van der Waals surface area contributed by atoms with E-state index in [0.29, 0.717) is 28.8 Å². The van der Waals surface area contributed by atoms with Crippen LogP contribution in [0.4, 0.5) is 5.95 Å². The molecule has 94 valence electrons.